The van der Waals surface area contributed by atoms with Gasteiger partial charge in [0, 0.05) is 17.0 Å². The summed E-state index contributed by atoms with van der Waals surface area (Å²) in [6, 6.07) is 12.3. The molecule has 1 atom stereocenters. The zero-order valence-electron chi connectivity index (χ0n) is 12.2. The van der Waals surface area contributed by atoms with E-state index >= 15 is 0 Å². The van der Waals surface area contributed by atoms with Crippen LogP contribution in [0.1, 0.15) is 11.1 Å². The van der Waals surface area contributed by atoms with Gasteiger partial charge in [-0.25, -0.2) is 0 Å². The molecule has 2 aromatic carbocycles. The Hall–Kier alpha value is -1.68. The van der Waals surface area contributed by atoms with Crippen LogP contribution in [0, 0.1) is 6.92 Å². The van der Waals surface area contributed by atoms with Crippen LogP contribution >= 0.6 is 15.9 Å². The fraction of sp³-hybridized carbons (Fsp3) is 0.294. The molecule has 0 fully saturated rings. The smallest absolute Gasteiger partial charge is 0.123 e. The average Bonchev–Trinajstić information content (AvgIpc) is 2.88. The lowest BCUT2D eigenvalue weighted by molar-refractivity contribution is 0.246. The van der Waals surface area contributed by atoms with Crippen LogP contribution in [-0.2, 0) is 6.42 Å². The molecular formula is C17H18BrNO2. The Morgan fingerprint density at radius 1 is 1.29 bits per heavy atom. The minimum atomic E-state index is 0.167. The third-order valence-electron chi connectivity index (χ3n) is 3.65. The van der Waals surface area contributed by atoms with E-state index in [1.165, 1.54) is 11.1 Å². The number of methoxy groups -OCH3 is 1. The van der Waals surface area contributed by atoms with Crippen molar-refractivity contribution in [3.05, 3.63) is 52.0 Å². The molecule has 1 heterocycles. The summed E-state index contributed by atoms with van der Waals surface area (Å²) in [6.07, 6.45) is 1.12. The van der Waals surface area contributed by atoms with E-state index in [9.17, 15) is 0 Å². The van der Waals surface area contributed by atoms with Crippen LogP contribution in [0.3, 0.4) is 0 Å². The number of nitrogens with one attached hydrogen (secondary N) is 1. The summed E-state index contributed by atoms with van der Waals surface area (Å²) in [5.74, 6) is 1.85. The maximum absolute atomic E-state index is 5.97. The van der Waals surface area contributed by atoms with Crippen molar-refractivity contribution in [2.24, 2.45) is 0 Å². The topological polar surface area (TPSA) is 30.5 Å². The predicted molar refractivity (Wildman–Crippen MR) is 88.5 cm³/mol. The van der Waals surface area contributed by atoms with Crippen molar-refractivity contribution < 1.29 is 9.47 Å². The molecule has 110 valence electrons. The van der Waals surface area contributed by atoms with Crippen molar-refractivity contribution in [2.75, 3.05) is 19.0 Å². The molecule has 0 aliphatic carbocycles. The second kappa shape index (κ2) is 5.98. The van der Waals surface area contributed by atoms with Crippen molar-refractivity contribution >= 4 is 21.6 Å². The van der Waals surface area contributed by atoms with Crippen LogP contribution in [0.25, 0.3) is 0 Å². The number of benzene rings is 2. The number of ether oxygens (including phenoxy) is 2. The van der Waals surface area contributed by atoms with Gasteiger partial charge in [-0.15, -0.1) is 0 Å². The second-order valence-electron chi connectivity index (χ2n) is 5.28. The molecule has 0 bridgehead atoms. The summed E-state index contributed by atoms with van der Waals surface area (Å²) in [4.78, 5) is 0. The molecule has 0 spiro atoms. The molecule has 0 radical (unpaired) electrons. The number of anilines is 1. The van der Waals surface area contributed by atoms with E-state index in [-0.39, 0.29) is 6.10 Å². The van der Waals surface area contributed by atoms with Gasteiger partial charge in [0.1, 0.15) is 17.6 Å². The van der Waals surface area contributed by atoms with E-state index in [0.29, 0.717) is 0 Å². The van der Waals surface area contributed by atoms with Crippen molar-refractivity contribution in [1.82, 2.24) is 0 Å². The van der Waals surface area contributed by atoms with Gasteiger partial charge in [-0.1, -0.05) is 17.7 Å². The summed E-state index contributed by atoms with van der Waals surface area (Å²) in [6.45, 7) is 2.87. The van der Waals surface area contributed by atoms with Crippen LogP contribution in [-0.4, -0.2) is 19.8 Å². The van der Waals surface area contributed by atoms with Crippen LogP contribution in [0.2, 0.25) is 0 Å². The number of aryl methyl sites for hydroxylation is 1. The van der Waals surface area contributed by atoms with E-state index in [1.54, 1.807) is 7.11 Å². The molecule has 0 saturated carbocycles. The van der Waals surface area contributed by atoms with E-state index in [2.05, 4.69) is 46.4 Å². The fourth-order valence-electron chi connectivity index (χ4n) is 2.55. The first-order valence-electron chi connectivity index (χ1n) is 6.99. The third-order valence-corrected chi connectivity index (χ3v) is 4.34. The van der Waals surface area contributed by atoms with Gasteiger partial charge in [0.2, 0.25) is 0 Å². The highest BCUT2D eigenvalue weighted by atomic mass is 79.9. The molecule has 4 heteroatoms. The van der Waals surface area contributed by atoms with Crippen molar-refractivity contribution in [1.29, 1.82) is 0 Å². The van der Waals surface area contributed by atoms with Crippen molar-refractivity contribution in [3.63, 3.8) is 0 Å². The van der Waals surface area contributed by atoms with E-state index in [0.717, 1.165) is 34.6 Å². The van der Waals surface area contributed by atoms with Crippen LogP contribution in [0.15, 0.2) is 40.9 Å². The Bertz CT molecular complexity index is 657. The zero-order chi connectivity index (χ0) is 14.8. The van der Waals surface area contributed by atoms with E-state index in [1.807, 2.05) is 18.2 Å². The maximum Gasteiger partial charge on any atom is 0.123 e. The van der Waals surface area contributed by atoms with Gasteiger partial charge < -0.3 is 14.8 Å². The summed E-state index contributed by atoms with van der Waals surface area (Å²) in [7, 11) is 1.67. The molecule has 1 unspecified atom stereocenters. The van der Waals surface area contributed by atoms with Gasteiger partial charge in [0.05, 0.1) is 19.3 Å². The van der Waals surface area contributed by atoms with Gasteiger partial charge in [-0.05, 0) is 46.6 Å². The Morgan fingerprint density at radius 3 is 2.95 bits per heavy atom. The molecule has 21 heavy (non-hydrogen) atoms. The first-order chi connectivity index (χ1) is 10.2. The molecule has 2 aromatic rings. The lowest BCUT2D eigenvalue weighted by Crippen LogP contribution is -2.24. The normalized spacial score (nSPS) is 16.2. The highest BCUT2D eigenvalue weighted by Crippen LogP contribution is 2.31. The predicted octanol–water partition coefficient (Wildman–Crippen LogP) is 4.18. The van der Waals surface area contributed by atoms with E-state index in [4.69, 9.17) is 9.47 Å². The van der Waals surface area contributed by atoms with E-state index < -0.39 is 0 Å². The maximum atomic E-state index is 5.97. The summed E-state index contributed by atoms with van der Waals surface area (Å²) >= 11 is 3.55. The Labute approximate surface area is 133 Å². The first-order valence-corrected chi connectivity index (χ1v) is 7.78. The van der Waals surface area contributed by atoms with Crippen LogP contribution < -0.4 is 14.8 Å². The van der Waals surface area contributed by atoms with Crippen LogP contribution in [0.4, 0.5) is 5.69 Å². The quantitative estimate of drug-likeness (QED) is 0.899. The van der Waals surface area contributed by atoms with Gasteiger partial charge in [0.15, 0.2) is 0 Å². The number of halogens is 1. The first kappa shape index (κ1) is 14.3. The standard InChI is InChI=1S/C17H18BrNO2/c1-11-3-6-17-12(7-11)8-14(21-17)10-19-16-9-13(20-2)4-5-15(16)18/h3-7,9,14,19H,8,10H2,1-2H3. The Morgan fingerprint density at radius 2 is 2.14 bits per heavy atom. The Kier molecular flexibility index (Phi) is 4.06. The molecular weight excluding hydrogens is 330 g/mol. The number of rotatable bonds is 4. The number of hydrogen-bond donors (Lipinski definition) is 1. The van der Waals surface area contributed by atoms with Gasteiger partial charge in [-0.2, -0.15) is 0 Å². The lowest BCUT2D eigenvalue weighted by Gasteiger charge is -2.14. The monoisotopic (exact) mass is 347 g/mol. The Balaban J connectivity index is 1.65. The number of hydrogen-bond acceptors (Lipinski definition) is 3. The molecule has 1 aliphatic heterocycles. The number of fused-ring (bicyclic) bond motifs is 1. The highest BCUT2D eigenvalue weighted by molar-refractivity contribution is 9.10. The SMILES string of the molecule is COc1ccc(Br)c(NCC2Cc3cc(C)ccc3O2)c1. The highest BCUT2D eigenvalue weighted by Gasteiger charge is 2.22. The molecule has 3 rings (SSSR count). The van der Waals surface area contributed by atoms with Crippen LogP contribution in [0.5, 0.6) is 11.5 Å². The summed E-state index contributed by atoms with van der Waals surface area (Å²) in [5, 5.41) is 3.43. The second-order valence-corrected chi connectivity index (χ2v) is 6.14. The molecule has 0 amide bonds. The van der Waals surface area contributed by atoms with Gasteiger partial charge in [-0.3, -0.25) is 0 Å². The third kappa shape index (κ3) is 3.16. The molecule has 1 N–H and O–H groups in total. The zero-order valence-corrected chi connectivity index (χ0v) is 13.7. The van der Waals surface area contributed by atoms with Crippen molar-refractivity contribution in [2.45, 2.75) is 19.4 Å². The largest absolute Gasteiger partial charge is 0.497 e. The van der Waals surface area contributed by atoms with Gasteiger partial charge >= 0.3 is 0 Å². The molecule has 1 aliphatic rings. The van der Waals surface area contributed by atoms with Gasteiger partial charge in [0.25, 0.3) is 0 Å². The molecule has 3 nitrogen and oxygen atoms in total. The summed E-state index contributed by atoms with van der Waals surface area (Å²) in [5.41, 5.74) is 3.60. The van der Waals surface area contributed by atoms with Crippen molar-refractivity contribution in [3.8, 4) is 11.5 Å². The fourth-order valence-corrected chi connectivity index (χ4v) is 2.94. The summed E-state index contributed by atoms with van der Waals surface area (Å²) < 4.78 is 12.2. The molecule has 0 aromatic heterocycles. The minimum absolute atomic E-state index is 0.167. The minimum Gasteiger partial charge on any atom is -0.497 e. The average molecular weight is 348 g/mol. The lowest BCUT2D eigenvalue weighted by atomic mass is 10.1. The molecule has 0 saturated heterocycles.